The highest BCUT2D eigenvalue weighted by Crippen LogP contribution is 2.28. The van der Waals surface area contributed by atoms with Gasteiger partial charge in [-0.15, -0.1) is 10.2 Å². The second-order valence-corrected chi connectivity index (χ2v) is 8.76. The van der Waals surface area contributed by atoms with Gasteiger partial charge in [-0.05, 0) is 31.2 Å². The van der Waals surface area contributed by atoms with E-state index in [1.807, 2.05) is 72.2 Å². The topological polar surface area (TPSA) is 85.4 Å². The lowest BCUT2D eigenvalue weighted by atomic mass is 10.2. The number of rotatable bonds is 7. The summed E-state index contributed by atoms with van der Waals surface area (Å²) in [5.41, 5.74) is 1.78. The predicted octanol–water partition coefficient (Wildman–Crippen LogP) is 3.82. The lowest BCUT2D eigenvalue weighted by Crippen LogP contribution is -2.37. The van der Waals surface area contributed by atoms with Crippen molar-refractivity contribution in [2.24, 2.45) is 0 Å². The van der Waals surface area contributed by atoms with E-state index >= 15 is 0 Å². The number of ether oxygens (including phenoxy) is 1. The number of carbonyl (C=O) groups is 1. The standard InChI is InChI=1S/C24H25N5O3S/c1-17(21-15-18-7-5-6-10-20(18)32-21)25-22(30)16-33-24-27-26-23(28-11-13-31-14-12-28)29(24)19-8-3-2-4-9-19/h2-10,15,17H,11-14,16H2,1H3,(H,25,30)/t17-/m1/s1. The first kappa shape index (κ1) is 21.5. The smallest absolute Gasteiger partial charge is 0.232 e. The van der Waals surface area contributed by atoms with Gasteiger partial charge in [0.25, 0.3) is 0 Å². The zero-order valence-corrected chi connectivity index (χ0v) is 19.1. The van der Waals surface area contributed by atoms with Crippen molar-refractivity contribution in [3.05, 3.63) is 66.4 Å². The number of para-hydroxylation sites is 2. The summed E-state index contributed by atoms with van der Waals surface area (Å²) in [6.45, 7) is 4.75. The normalized spacial score (nSPS) is 15.0. The van der Waals surface area contributed by atoms with E-state index in [1.54, 1.807) is 0 Å². The molecule has 170 valence electrons. The lowest BCUT2D eigenvalue weighted by Gasteiger charge is -2.27. The summed E-state index contributed by atoms with van der Waals surface area (Å²) < 4.78 is 13.4. The number of hydrogen-bond acceptors (Lipinski definition) is 7. The van der Waals surface area contributed by atoms with Crippen LogP contribution in [0.1, 0.15) is 18.7 Å². The van der Waals surface area contributed by atoms with Gasteiger partial charge in [0.15, 0.2) is 5.16 Å². The van der Waals surface area contributed by atoms with E-state index in [0.717, 1.165) is 41.5 Å². The molecule has 9 heteroatoms. The van der Waals surface area contributed by atoms with Crippen LogP contribution in [0.2, 0.25) is 0 Å². The number of amides is 1. The van der Waals surface area contributed by atoms with Crippen LogP contribution in [0, 0.1) is 0 Å². The van der Waals surface area contributed by atoms with Crippen molar-refractivity contribution in [2.75, 3.05) is 37.0 Å². The molecular formula is C24H25N5O3S. The van der Waals surface area contributed by atoms with E-state index in [2.05, 4.69) is 20.4 Å². The summed E-state index contributed by atoms with van der Waals surface area (Å²) in [4.78, 5) is 14.9. The summed E-state index contributed by atoms with van der Waals surface area (Å²) in [7, 11) is 0. The Morgan fingerprint density at radius 3 is 2.64 bits per heavy atom. The highest BCUT2D eigenvalue weighted by atomic mass is 32.2. The minimum absolute atomic E-state index is 0.0940. The number of nitrogens with zero attached hydrogens (tertiary/aromatic N) is 4. The Morgan fingerprint density at radius 2 is 1.85 bits per heavy atom. The Labute approximate surface area is 195 Å². The fraction of sp³-hybridized carbons (Fsp3) is 0.292. The second-order valence-electron chi connectivity index (χ2n) is 7.82. The first-order chi connectivity index (χ1) is 16.2. The number of furan rings is 1. The number of nitrogens with one attached hydrogen (secondary N) is 1. The van der Waals surface area contributed by atoms with Gasteiger partial charge < -0.3 is 19.4 Å². The fourth-order valence-electron chi connectivity index (χ4n) is 3.83. The van der Waals surface area contributed by atoms with Crippen LogP contribution in [-0.4, -0.2) is 52.7 Å². The van der Waals surface area contributed by atoms with Crippen molar-refractivity contribution < 1.29 is 13.9 Å². The van der Waals surface area contributed by atoms with Crippen LogP contribution in [0.25, 0.3) is 16.7 Å². The van der Waals surface area contributed by atoms with E-state index < -0.39 is 0 Å². The van der Waals surface area contributed by atoms with Gasteiger partial charge in [0.05, 0.1) is 30.7 Å². The summed E-state index contributed by atoms with van der Waals surface area (Å²) >= 11 is 1.37. The Balaban J connectivity index is 1.29. The quantitative estimate of drug-likeness (QED) is 0.417. The minimum Gasteiger partial charge on any atom is -0.459 e. The maximum atomic E-state index is 12.7. The zero-order chi connectivity index (χ0) is 22.6. The van der Waals surface area contributed by atoms with Crippen molar-refractivity contribution >= 4 is 34.6 Å². The average Bonchev–Trinajstić information content (AvgIpc) is 3.48. The highest BCUT2D eigenvalue weighted by molar-refractivity contribution is 7.99. The predicted molar refractivity (Wildman–Crippen MR) is 128 cm³/mol. The summed E-state index contributed by atoms with van der Waals surface area (Å²) in [5, 5.41) is 13.6. The molecule has 1 aliphatic heterocycles. The number of aromatic nitrogens is 3. The molecule has 1 N–H and O–H groups in total. The summed E-state index contributed by atoms with van der Waals surface area (Å²) in [6.07, 6.45) is 0. The molecule has 1 atom stereocenters. The lowest BCUT2D eigenvalue weighted by molar-refractivity contribution is -0.119. The van der Waals surface area contributed by atoms with E-state index in [1.165, 1.54) is 11.8 Å². The Kier molecular flexibility index (Phi) is 6.32. The molecule has 0 saturated carbocycles. The van der Waals surface area contributed by atoms with E-state index in [-0.39, 0.29) is 17.7 Å². The van der Waals surface area contributed by atoms with Crippen LogP contribution in [0.3, 0.4) is 0 Å². The summed E-state index contributed by atoms with van der Waals surface area (Å²) in [5.74, 6) is 1.63. The van der Waals surface area contributed by atoms with Gasteiger partial charge in [0, 0.05) is 18.5 Å². The molecule has 0 radical (unpaired) electrons. The van der Waals surface area contributed by atoms with Gasteiger partial charge in [0.2, 0.25) is 11.9 Å². The van der Waals surface area contributed by atoms with Crippen LogP contribution >= 0.6 is 11.8 Å². The number of hydrogen-bond donors (Lipinski definition) is 1. The Hall–Kier alpha value is -3.30. The number of thioether (sulfide) groups is 1. The first-order valence-corrected chi connectivity index (χ1v) is 11.9. The molecule has 3 heterocycles. The number of morpholine rings is 1. The third-order valence-corrected chi connectivity index (χ3v) is 6.43. The molecule has 0 aliphatic carbocycles. The first-order valence-electron chi connectivity index (χ1n) is 10.9. The maximum absolute atomic E-state index is 12.7. The van der Waals surface area contributed by atoms with Crippen LogP contribution < -0.4 is 10.2 Å². The van der Waals surface area contributed by atoms with Crippen LogP contribution in [0.15, 0.2) is 70.2 Å². The van der Waals surface area contributed by atoms with Crippen LogP contribution in [0.5, 0.6) is 0 Å². The van der Waals surface area contributed by atoms with Crippen LogP contribution in [-0.2, 0) is 9.53 Å². The van der Waals surface area contributed by atoms with E-state index in [4.69, 9.17) is 9.15 Å². The Bertz CT molecular complexity index is 1200. The molecule has 1 fully saturated rings. The third kappa shape index (κ3) is 4.74. The zero-order valence-electron chi connectivity index (χ0n) is 18.3. The van der Waals surface area contributed by atoms with Crippen molar-refractivity contribution in [1.82, 2.24) is 20.1 Å². The number of benzene rings is 2. The molecule has 0 bridgehead atoms. The molecule has 2 aromatic carbocycles. The van der Waals surface area contributed by atoms with Crippen LogP contribution in [0.4, 0.5) is 5.95 Å². The molecule has 1 aliphatic rings. The molecule has 4 aromatic rings. The largest absolute Gasteiger partial charge is 0.459 e. The molecule has 1 amide bonds. The molecule has 0 unspecified atom stereocenters. The fourth-order valence-corrected chi connectivity index (χ4v) is 4.59. The molecular weight excluding hydrogens is 438 g/mol. The number of fused-ring (bicyclic) bond motifs is 1. The minimum atomic E-state index is -0.235. The SMILES string of the molecule is C[C@@H](NC(=O)CSc1nnc(N2CCOCC2)n1-c1ccccc1)c1cc2ccccc2o1. The van der Waals surface area contributed by atoms with Crippen molar-refractivity contribution in [3.63, 3.8) is 0 Å². The summed E-state index contributed by atoms with van der Waals surface area (Å²) in [6, 6.07) is 19.5. The van der Waals surface area contributed by atoms with E-state index in [0.29, 0.717) is 18.4 Å². The number of carbonyl (C=O) groups excluding carboxylic acids is 1. The molecule has 0 spiro atoms. The monoisotopic (exact) mass is 463 g/mol. The van der Waals surface area contributed by atoms with Crippen molar-refractivity contribution in [2.45, 2.75) is 18.1 Å². The third-order valence-electron chi connectivity index (χ3n) is 5.51. The van der Waals surface area contributed by atoms with Crippen molar-refractivity contribution in [1.29, 1.82) is 0 Å². The molecule has 5 rings (SSSR count). The Morgan fingerprint density at radius 1 is 1.09 bits per heavy atom. The van der Waals surface area contributed by atoms with Gasteiger partial charge in [0.1, 0.15) is 11.3 Å². The van der Waals surface area contributed by atoms with Gasteiger partial charge in [-0.3, -0.25) is 9.36 Å². The average molecular weight is 464 g/mol. The van der Waals surface area contributed by atoms with Gasteiger partial charge in [-0.25, -0.2) is 0 Å². The number of anilines is 1. The van der Waals surface area contributed by atoms with Gasteiger partial charge in [-0.1, -0.05) is 48.2 Å². The molecule has 1 saturated heterocycles. The van der Waals surface area contributed by atoms with Crippen molar-refractivity contribution in [3.8, 4) is 5.69 Å². The maximum Gasteiger partial charge on any atom is 0.232 e. The van der Waals surface area contributed by atoms with Gasteiger partial charge in [-0.2, -0.15) is 0 Å². The molecule has 8 nitrogen and oxygen atoms in total. The highest BCUT2D eigenvalue weighted by Gasteiger charge is 2.22. The second kappa shape index (κ2) is 9.68. The van der Waals surface area contributed by atoms with E-state index in [9.17, 15) is 4.79 Å². The molecule has 2 aromatic heterocycles. The molecule has 33 heavy (non-hydrogen) atoms. The van der Waals surface area contributed by atoms with Gasteiger partial charge >= 0.3 is 0 Å².